The molecule has 0 radical (unpaired) electrons. The minimum atomic E-state index is -0.0730. The van der Waals surface area contributed by atoms with Gasteiger partial charge in [0, 0.05) is 18.0 Å². The topological polar surface area (TPSA) is 49.7 Å². The summed E-state index contributed by atoms with van der Waals surface area (Å²) in [5.41, 5.74) is 0.819. The fourth-order valence-corrected chi connectivity index (χ4v) is 5.14. The minimum Gasteiger partial charge on any atom is -0.494 e. The average Bonchev–Trinajstić information content (AvgIpc) is 2.96. The van der Waals surface area contributed by atoms with Crippen molar-refractivity contribution in [3.63, 3.8) is 0 Å². The van der Waals surface area contributed by atoms with E-state index in [1.807, 2.05) is 16.7 Å². The molecule has 5 heteroatoms. The van der Waals surface area contributed by atoms with Crippen LogP contribution in [0.15, 0.2) is 23.0 Å². The second-order valence-corrected chi connectivity index (χ2v) is 11.3. The summed E-state index contributed by atoms with van der Waals surface area (Å²) in [6.07, 6.45) is 20.8. The van der Waals surface area contributed by atoms with E-state index in [1.165, 1.54) is 70.6 Å². The fourth-order valence-electron chi connectivity index (χ4n) is 5.14. The molecule has 2 aromatic rings. The lowest BCUT2D eigenvalue weighted by Gasteiger charge is -2.19. The molecule has 228 valence electrons. The number of aryl methyl sites for hydroxylation is 1. The van der Waals surface area contributed by atoms with Crippen LogP contribution in [0.4, 0.5) is 0 Å². The third-order valence-electron chi connectivity index (χ3n) is 7.64. The Morgan fingerprint density at radius 3 is 1.62 bits per heavy atom. The normalized spacial score (nSPS) is 11.3. The lowest BCUT2D eigenvalue weighted by atomic mass is 10.1. The van der Waals surface area contributed by atoms with Gasteiger partial charge >= 0.3 is 0 Å². The standard InChI is InChI=1S/C35H59NO4/c1-5-9-13-17-18-22-26-38-30-23-24-31-32(29-30)36(25-19-14-10-6-2)35(37)34(40-28-21-16-12-8-4)33(31)39-27-20-15-11-7-3/h23-24,29H,5-22,25-28H2,1-4H3. The molecule has 0 saturated heterocycles. The Hall–Kier alpha value is -2.17. The van der Waals surface area contributed by atoms with Crippen molar-refractivity contribution in [1.29, 1.82) is 0 Å². The van der Waals surface area contributed by atoms with E-state index in [4.69, 9.17) is 14.2 Å². The highest BCUT2D eigenvalue weighted by Gasteiger charge is 2.20. The number of hydrogen-bond donors (Lipinski definition) is 0. The summed E-state index contributed by atoms with van der Waals surface area (Å²) in [4.78, 5) is 13.9. The maximum Gasteiger partial charge on any atom is 0.297 e. The van der Waals surface area contributed by atoms with Gasteiger partial charge in [0.1, 0.15) is 5.75 Å². The first-order valence-corrected chi connectivity index (χ1v) is 16.8. The van der Waals surface area contributed by atoms with Crippen LogP contribution in [-0.2, 0) is 6.54 Å². The van der Waals surface area contributed by atoms with Gasteiger partial charge in [-0.05, 0) is 37.8 Å². The van der Waals surface area contributed by atoms with Crippen LogP contribution in [0.25, 0.3) is 10.9 Å². The largest absolute Gasteiger partial charge is 0.494 e. The molecule has 0 spiro atoms. The Kier molecular flexibility index (Phi) is 18.3. The summed E-state index contributed by atoms with van der Waals surface area (Å²) < 4.78 is 20.7. The molecule has 1 aromatic carbocycles. The van der Waals surface area contributed by atoms with E-state index < -0.39 is 0 Å². The van der Waals surface area contributed by atoms with Crippen molar-refractivity contribution in [2.45, 2.75) is 150 Å². The highest BCUT2D eigenvalue weighted by atomic mass is 16.5. The summed E-state index contributed by atoms with van der Waals surface area (Å²) >= 11 is 0. The van der Waals surface area contributed by atoms with Crippen LogP contribution in [0.1, 0.15) is 143 Å². The number of ether oxygens (including phenoxy) is 3. The van der Waals surface area contributed by atoms with Crippen LogP contribution in [0.2, 0.25) is 0 Å². The summed E-state index contributed by atoms with van der Waals surface area (Å²) in [7, 11) is 0. The molecule has 0 aliphatic heterocycles. The number of pyridine rings is 1. The molecule has 1 aromatic heterocycles. The lowest BCUT2D eigenvalue weighted by Crippen LogP contribution is -2.24. The van der Waals surface area contributed by atoms with Gasteiger partial charge in [0.05, 0.1) is 25.3 Å². The van der Waals surface area contributed by atoms with Gasteiger partial charge in [0.2, 0.25) is 5.75 Å². The molecule has 40 heavy (non-hydrogen) atoms. The van der Waals surface area contributed by atoms with Crippen molar-refractivity contribution < 1.29 is 14.2 Å². The van der Waals surface area contributed by atoms with E-state index in [9.17, 15) is 4.79 Å². The summed E-state index contributed by atoms with van der Waals surface area (Å²) in [5.74, 6) is 1.82. The Bertz CT molecular complexity index is 983. The maximum absolute atomic E-state index is 13.9. The highest BCUT2D eigenvalue weighted by molar-refractivity contribution is 5.89. The smallest absolute Gasteiger partial charge is 0.297 e. The van der Waals surface area contributed by atoms with Crippen molar-refractivity contribution in [2.75, 3.05) is 19.8 Å². The van der Waals surface area contributed by atoms with Crippen molar-refractivity contribution in [3.05, 3.63) is 28.6 Å². The second-order valence-electron chi connectivity index (χ2n) is 11.3. The summed E-state index contributed by atoms with van der Waals surface area (Å²) in [5, 5.41) is 0.945. The molecule has 5 nitrogen and oxygen atoms in total. The third-order valence-corrected chi connectivity index (χ3v) is 7.64. The van der Waals surface area contributed by atoms with Crippen LogP contribution < -0.4 is 19.8 Å². The van der Waals surface area contributed by atoms with Crippen LogP contribution in [-0.4, -0.2) is 24.4 Å². The van der Waals surface area contributed by atoms with Crippen LogP contribution in [0.3, 0.4) is 0 Å². The van der Waals surface area contributed by atoms with Crippen LogP contribution >= 0.6 is 0 Å². The monoisotopic (exact) mass is 557 g/mol. The molecule has 0 unspecified atom stereocenters. The predicted molar refractivity (Wildman–Crippen MR) is 170 cm³/mol. The average molecular weight is 558 g/mol. The second kappa shape index (κ2) is 21.6. The first-order chi connectivity index (χ1) is 19.7. The van der Waals surface area contributed by atoms with Crippen LogP contribution in [0, 0.1) is 0 Å². The molecular weight excluding hydrogens is 498 g/mol. The zero-order valence-electron chi connectivity index (χ0n) is 26.4. The third kappa shape index (κ3) is 12.1. The van der Waals surface area contributed by atoms with Gasteiger partial charge in [0.15, 0.2) is 5.75 Å². The molecule has 2 rings (SSSR count). The molecule has 1 heterocycles. The quantitative estimate of drug-likeness (QED) is 0.114. The van der Waals surface area contributed by atoms with E-state index >= 15 is 0 Å². The van der Waals surface area contributed by atoms with Crippen molar-refractivity contribution in [3.8, 4) is 17.2 Å². The van der Waals surface area contributed by atoms with Gasteiger partial charge in [-0.2, -0.15) is 0 Å². The Balaban J connectivity index is 2.33. The molecule has 0 aliphatic rings. The van der Waals surface area contributed by atoms with Gasteiger partial charge in [-0.15, -0.1) is 0 Å². The van der Waals surface area contributed by atoms with Gasteiger partial charge in [-0.25, -0.2) is 0 Å². The first-order valence-electron chi connectivity index (χ1n) is 16.8. The number of benzene rings is 1. The molecule has 0 bridgehead atoms. The fraction of sp³-hybridized carbons (Fsp3) is 0.743. The molecule has 0 aliphatic carbocycles. The van der Waals surface area contributed by atoms with E-state index in [0.29, 0.717) is 37.9 Å². The number of rotatable bonds is 25. The molecule has 0 amide bonds. The maximum atomic E-state index is 13.9. The molecule has 0 N–H and O–H groups in total. The molecular formula is C35H59NO4. The van der Waals surface area contributed by atoms with Crippen molar-refractivity contribution >= 4 is 10.9 Å². The zero-order valence-corrected chi connectivity index (χ0v) is 26.4. The minimum absolute atomic E-state index is 0.0730. The molecule has 0 saturated carbocycles. The van der Waals surface area contributed by atoms with Crippen LogP contribution in [0.5, 0.6) is 17.2 Å². The molecule has 0 fully saturated rings. The summed E-state index contributed by atoms with van der Waals surface area (Å²) in [6.45, 7) is 11.4. The summed E-state index contributed by atoms with van der Waals surface area (Å²) in [6, 6.07) is 6.14. The van der Waals surface area contributed by atoms with Gasteiger partial charge in [0.25, 0.3) is 5.56 Å². The van der Waals surface area contributed by atoms with Gasteiger partial charge in [-0.1, -0.05) is 118 Å². The predicted octanol–water partition coefficient (Wildman–Crippen LogP) is 10.2. The number of fused-ring (bicyclic) bond motifs is 1. The number of nitrogens with zero attached hydrogens (tertiary/aromatic N) is 1. The van der Waals surface area contributed by atoms with E-state index in [1.54, 1.807) is 0 Å². The van der Waals surface area contributed by atoms with E-state index in [-0.39, 0.29) is 5.56 Å². The SMILES string of the molecule is CCCCCCCCOc1ccc2c(OCCCCCC)c(OCCCCCC)c(=O)n(CCCCCC)c2c1. The van der Waals surface area contributed by atoms with E-state index in [0.717, 1.165) is 61.6 Å². The Morgan fingerprint density at radius 2 is 1.02 bits per heavy atom. The lowest BCUT2D eigenvalue weighted by molar-refractivity contribution is 0.256. The number of unbranched alkanes of at least 4 members (excludes halogenated alkanes) is 14. The first kappa shape index (κ1) is 34.0. The van der Waals surface area contributed by atoms with Crippen molar-refractivity contribution in [2.24, 2.45) is 0 Å². The van der Waals surface area contributed by atoms with E-state index in [2.05, 4.69) is 33.8 Å². The van der Waals surface area contributed by atoms with Gasteiger partial charge < -0.3 is 18.8 Å². The van der Waals surface area contributed by atoms with Crippen molar-refractivity contribution in [1.82, 2.24) is 4.57 Å². The Morgan fingerprint density at radius 1 is 0.550 bits per heavy atom. The molecule has 0 atom stereocenters. The number of hydrogen-bond acceptors (Lipinski definition) is 4. The highest BCUT2D eigenvalue weighted by Crippen LogP contribution is 2.35. The zero-order chi connectivity index (χ0) is 28.8. The Labute approximate surface area is 245 Å². The van der Waals surface area contributed by atoms with Gasteiger partial charge in [-0.3, -0.25) is 4.79 Å². The number of aromatic nitrogens is 1.